The molecular weight excluding hydrogens is 464 g/mol. The van der Waals surface area contributed by atoms with Gasteiger partial charge in [0.2, 0.25) is 0 Å². The highest BCUT2D eigenvalue weighted by atomic mass is 16.5. The van der Waals surface area contributed by atoms with E-state index in [0.29, 0.717) is 17.8 Å². The quantitative estimate of drug-likeness (QED) is 0.430. The third-order valence-corrected chi connectivity index (χ3v) is 13.5. The first-order valence-electron chi connectivity index (χ1n) is 15.2. The molecular formula is C32H54O5. The van der Waals surface area contributed by atoms with Gasteiger partial charge in [-0.05, 0) is 118 Å². The van der Waals surface area contributed by atoms with Crippen LogP contribution in [0, 0.1) is 45.3 Å². The molecule has 0 aromatic carbocycles. The summed E-state index contributed by atoms with van der Waals surface area (Å²) in [6.07, 6.45) is 8.72. The summed E-state index contributed by atoms with van der Waals surface area (Å²) in [4.78, 5) is 11.9. The van der Waals surface area contributed by atoms with Crippen LogP contribution in [-0.4, -0.2) is 45.7 Å². The Labute approximate surface area is 225 Å². The van der Waals surface area contributed by atoms with E-state index in [1.165, 1.54) is 13.3 Å². The van der Waals surface area contributed by atoms with E-state index < -0.39 is 5.60 Å². The van der Waals surface area contributed by atoms with Crippen molar-refractivity contribution in [3.8, 4) is 0 Å². The lowest BCUT2D eigenvalue weighted by Gasteiger charge is -2.71. The van der Waals surface area contributed by atoms with Gasteiger partial charge >= 0.3 is 5.97 Å². The minimum atomic E-state index is -0.826. The molecule has 0 aromatic rings. The van der Waals surface area contributed by atoms with Crippen LogP contribution in [0.15, 0.2) is 0 Å². The Morgan fingerprint density at radius 2 is 1.54 bits per heavy atom. The number of aliphatic hydroxyl groups excluding tert-OH is 1. The zero-order valence-electron chi connectivity index (χ0n) is 25.0. The van der Waals surface area contributed by atoms with Crippen molar-refractivity contribution in [1.29, 1.82) is 0 Å². The third kappa shape index (κ3) is 3.83. The molecule has 2 N–H and O–H groups in total. The fourth-order valence-electron chi connectivity index (χ4n) is 11.6. The minimum Gasteiger partial charge on any atom is -0.462 e. The van der Waals surface area contributed by atoms with Crippen molar-refractivity contribution in [3.63, 3.8) is 0 Å². The van der Waals surface area contributed by atoms with Gasteiger partial charge in [0.25, 0.3) is 0 Å². The molecule has 4 unspecified atom stereocenters. The molecule has 0 bridgehead atoms. The van der Waals surface area contributed by atoms with Crippen LogP contribution in [0.3, 0.4) is 0 Å². The number of fused-ring (bicyclic) bond motifs is 5. The second-order valence-corrected chi connectivity index (χ2v) is 16.0. The van der Waals surface area contributed by atoms with Crippen molar-refractivity contribution in [2.24, 2.45) is 45.3 Å². The molecule has 0 amide bonds. The molecule has 5 aliphatic rings. The van der Waals surface area contributed by atoms with Gasteiger partial charge in [-0.3, -0.25) is 4.79 Å². The molecule has 5 nitrogen and oxygen atoms in total. The number of esters is 1. The third-order valence-electron chi connectivity index (χ3n) is 13.5. The van der Waals surface area contributed by atoms with Crippen LogP contribution in [0.4, 0.5) is 0 Å². The Hall–Kier alpha value is -0.650. The molecule has 0 aromatic heterocycles. The summed E-state index contributed by atoms with van der Waals surface area (Å²) in [7, 11) is 0. The highest BCUT2D eigenvalue weighted by Gasteiger charge is 2.72. The van der Waals surface area contributed by atoms with Gasteiger partial charge in [0, 0.05) is 12.3 Å². The van der Waals surface area contributed by atoms with Crippen molar-refractivity contribution in [2.75, 3.05) is 0 Å². The van der Waals surface area contributed by atoms with E-state index in [2.05, 4.69) is 41.5 Å². The molecule has 5 rings (SSSR count). The first kappa shape index (κ1) is 27.9. The highest BCUT2D eigenvalue weighted by molar-refractivity contribution is 5.66. The second kappa shape index (κ2) is 8.43. The Morgan fingerprint density at radius 3 is 2.14 bits per heavy atom. The van der Waals surface area contributed by atoms with Crippen LogP contribution >= 0.6 is 0 Å². The van der Waals surface area contributed by atoms with Gasteiger partial charge in [-0.2, -0.15) is 0 Å². The number of hydrogen-bond acceptors (Lipinski definition) is 5. The second-order valence-electron chi connectivity index (χ2n) is 16.0. The van der Waals surface area contributed by atoms with Crippen LogP contribution < -0.4 is 0 Å². The predicted octanol–water partition coefficient (Wildman–Crippen LogP) is 6.28. The largest absolute Gasteiger partial charge is 0.462 e. The fraction of sp³-hybridized carbons (Fsp3) is 0.969. The zero-order valence-corrected chi connectivity index (χ0v) is 25.0. The first-order valence-corrected chi connectivity index (χ1v) is 15.2. The summed E-state index contributed by atoms with van der Waals surface area (Å²) < 4.78 is 12.6. The number of aliphatic hydroxyl groups is 2. The molecule has 5 fully saturated rings. The van der Waals surface area contributed by atoms with Crippen molar-refractivity contribution in [3.05, 3.63) is 0 Å². The SMILES string of the molecule is CC(=O)O[C@@H]1CC[C@@]2(C)C(CC[C@]3(C)C2C(O)CC2[C@@H]([C@@]4(C)CC[C@@H](C(C)(C)O)O4)CC[C@]23C)C1(C)C. The Bertz CT molecular complexity index is 923. The van der Waals surface area contributed by atoms with Gasteiger partial charge in [0.15, 0.2) is 0 Å². The number of ether oxygens (including phenoxy) is 2. The van der Waals surface area contributed by atoms with Gasteiger partial charge < -0.3 is 19.7 Å². The number of hydrogen-bond donors (Lipinski definition) is 2. The number of carbonyl (C=O) groups excluding carboxylic acids is 1. The maximum absolute atomic E-state index is 12.1. The van der Waals surface area contributed by atoms with Crippen LogP contribution in [0.2, 0.25) is 0 Å². The standard InChI is InChI=1S/C32H54O5/c1-19(33)36-24-12-14-29(6)23(27(24,2)3)11-16-31(8)26(29)22(34)18-21-20(10-15-30(21,31)7)32(9)17-13-25(37-32)28(4,5)35/h20-26,34-35H,10-18H2,1-9H3/t20-,21?,22?,23?,24+,25-,26?,29-,30+,31+,32+/m0/s1. The minimum absolute atomic E-state index is 0.0262. The van der Waals surface area contributed by atoms with Crippen molar-refractivity contribution in [1.82, 2.24) is 0 Å². The Kier molecular flexibility index (Phi) is 6.35. The van der Waals surface area contributed by atoms with Gasteiger partial charge in [0.05, 0.1) is 23.4 Å². The number of rotatable bonds is 3. The smallest absolute Gasteiger partial charge is 0.302 e. The zero-order chi connectivity index (χ0) is 27.4. The molecule has 4 saturated carbocycles. The Morgan fingerprint density at radius 1 is 0.892 bits per heavy atom. The van der Waals surface area contributed by atoms with E-state index in [4.69, 9.17) is 9.47 Å². The lowest BCUT2D eigenvalue weighted by atomic mass is 9.35. The van der Waals surface area contributed by atoms with Gasteiger partial charge in [0.1, 0.15) is 6.10 Å². The molecule has 11 atom stereocenters. The van der Waals surface area contributed by atoms with E-state index >= 15 is 0 Å². The molecule has 0 spiro atoms. The number of carbonyl (C=O) groups is 1. The topological polar surface area (TPSA) is 76.0 Å². The molecule has 1 saturated heterocycles. The summed E-state index contributed by atoms with van der Waals surface area (Å²) in [5.41, 5.74) is -0.921. The molecule has 37 heavy (non-hydrogen) atoms. The van der Waals surface area contributed by atoms with Gasteiger partial charge in [-0.25, -0.2) is 0 Å². The summed E-state index contributed by atoms with van der Waals surface area (Å²) in [5, 5.41) is 22.7. The first-order chi connectivity index (χ1) is 16.9. The van der Waals surface area contributed by atoms with E-state index in [1.807, 2.05) is 13.8 Å². The van der Waals surface area contributed by atoms with E-state index in [0.717, 1.165) is 51.4 Å². The average molecular weight is 519 g/mol. The molecule has 1 heterocycles. The van der Waals surface area contributed by atoms with E-state index in [9.17, 15) is 15.0 Å². The lowest BCUT2D eigenvalue weighted by molar-refractivity contribution is -0.259. The lowest BCUT2D eigenvalue weighted by Crippen LogP contribution is -2.67. The van der Waals surface area contributed by atoms with Crippen LogP contribution in [-0.2, 0) is 14.3 Å². The molecule has 1 aliphatic heterocycles. The fourth-order valence-corrected chi connectivity index (χ4v) is 11.6. The predicted molar refractivity (Wildman–Crippen MR) is 145 cm³/mol. The maximum Gasteiger partial charge on any atom is 0.302 e. The molecule has 4 aliphatic carbocycles. The highest BCUT2D eigenvalue weighted by Crippen LogP contribution is 2.76. The van der Waals surface area contributed by atoms with Crippen LogP contribution in [0.25, 0.3) is 0 Å². The summed E-state index contributed by atoms with van der Waals surface area (Å²) in [5.74, 6) is 1.34. The Balaban J connectivity index is 1.46. The van der Waals surface area contributed by atoms with Crippen LogP contribution in [0.5, 0.6) is 0 Å². The van der Waals surface area contributed by atoms with Gasteiger partial charge in [-0.15, -0.1) is 0 Å². The molecule has 212 valence electrons. The summed E-state index contributed by atoms with van der Waals surface area (Å²) in [6.45, 7) is 19.7. The van der Waals surface area contributed by atoms with Crippen LogP contribution in [0.1, 0.15) is 120 Å². The van der Waals surface area contributed by atoms with Crippen molar-refractivity contribution < 1.29 is 24.5 Å². The summed E-state index contributed by atoms with van der Waals surface area (Å²) >= 11 is 0. The maximum atomic E-state index is 12.1. The molecule has 5 heteroatoms. The van der Waals surface area contributed by atoms with Gasteiger partial charge in [-0.1, -0.05) is 34.6 Å². The van der Waals surface area contributed by atoms with Crippen molar-refractivity contribution in [2.45, 2.75) is 150 Å². The molecule has 0 radical (unpaired) electrons. The summed E-state index contributed by atoms with van der Waals surface area (Å²) in [6, 6.07) is 0. The average Bonchev–Trinajstić information content (AvgIpc) is 3.32. The normalized spacial score (nSPS) is 53.2. The monoisotopic (exact) mass is 518 g/mol. The van der Waals surface area contributed by atoms with E-state index in [1.54, 1.807) is 0 Å². The van der Waals surface area contributed by atoms with E-state index in [-0.39, 0.29) is 57.5 Å². The van der Waals surface area contributed by atoms with Crippen molar-refractivity contribution >= 4 is 5.97 Å².